The fourth-order valence-corrected chi connectivity index (χ4v) is 2.06. The summed E-state index contributed by atoms with van der Waals surface area (Å²) in [4.78, 5) is 25.1. The van der Waals surface area contributed by atoms with E-state index >= 15 is 0 Å². The SMILES string of the molecule is CCCN(CCCn1cc(N)ccc1=O)CC(=O)NC. The van der Waals surface area contributed by atoms with Gasteiger partial charge in [0.15, 0.2) is 0 Å². The second kappa shape index (κ2) is 8.37. The number of anilines is 1. The molecule has 0 aliphatic carbocycles. The van der Waals surface area contributed by atoms with Crippen LogP contribution in [0.15, 0.2) is 23.1 Å². The van der Waals surface area contributed by atoms with E-state index in [4.69, 9.17) is 5.73 Å². The molecule has 0 saturated heterocycles. The molecule has 1 heterocycles. The van der Waals surface area contributed by atoms with E-state index < -0.39 is 0 Å². The minimum absolute atomic E-state index is 0.0135. The molecule has 112 valence electrons. The first-order valence-electron chi connectivity index (χ1n) is 6.95. The second-order valence-corrected chi connectivity index (χ2v) is 4.80. The fraction of sp³-hybridized carbons (Fsp3) is 0.571. The number of aromatic nitrogens is 1. The molecular weight excluding hydrogens is 256 g/mol. The van der Waals surface area contributed by atoms with E-state index in [1.165, 1.54) is 6.07 Å². The van der Waals surface area contributed by atoms with Crippen LogP contribution in [-0.2, 0) is 11.3 Å². The van der Waals surface area contributed by atoms with Crippen LogP contribution in [0.1, 0.15) is 19.8 Å². The number of amides is 1. The topological polar surface area (TPSA) is 80.4 Å². The van der Waals surface area contributed by atoms with Crippen molar-refractivity contribution in [2.75, 3.05) is 32.4 Å². The van der Waals surface area contributed by atoms with Crippen LogP contribution in [-0.4, -0.2) is 42.1 Å². The number of carbonyl (C=O) groups is 1. The number of pyridine rings is 1. The van der Waals surface area contributed by atoms with Crippen LogP contribution >= 0.6 is 0 Å². The Morgan fingerprint density at radius 2 is 2.15 bits per heavy atom. The third kappa shape index (κ3) is 5.44. The lowest BCUT2D eigenvalue weighted by Crippen LogP contribution is -2.37. The number of carbonyl (C=O) groups excluding carboxylic acids is 1. The summed E-state index contributed by atoms with van der Waals surface area (Å²) >= 11 is 0. The van der Waals surface area contributed by atoms with Crippen LogP contribution in [0.2, 0.25) is 0 Å². The summed E-state index contributed by atoms with van der Waals surface area (Å²) in [5.41, 5.74) is 6.20. The summed E-state index contributed by atoms with van der Waals surface area (Å²) in [6, 6.07) is 3.08. The molecular formula is C14H24N4O2. The summed E-state index contributed by atoms with van der Waals surface area (Å²) < 4.78 is 1.61. The number of hydrogen-bond donors (Lipinski definition) is 2. The Hall–Kier alpha value is -1.82. The van der Waals surface area contributed by atoms with Gasteiger partial charge in [-0.2, -0.15) is 0 Å². The van der Waals surface area contributed by atoms with Crippen LogP contribution in [0, 0.1) is 0 Å². The van der Waals surface area contributed by atoms with E-state index in [9.17, 15) is 9.59 Å². The van der Waals surface area contributed by atoms with Crippen LogP contribution in [0.4, 0.5) is 5.69 Å². The lowest BCUT2D eigenvalue weighted by molar-refractivity contribution is -0.121. The number of rotatable bonds is 8. The third-order valence-electron chi connectivity index (χ3n) is 3.07. The van der Waals surface area contributed by atoms with Gasteiger partial charge in [-0.05, 0) is 25.5 Å². The van der Waals surface area contributed by atoms with E-state index in [2.05, 4.69) is 17.1 Å². The van der Waals surface area contributed by atoms with Gasteiger partial charge in [0.05, 0.1) is 6.54 Å². The second-order valence-electron chi connectivity index (χ2n) is 4.80. The molecule has 0 atom stereocenters. The Morgan fingerprint density at radius 1 is 1.40 bits per heavy atom. The monoisotopic (exact) mass is 280 g/mol. The van der Waals surface area contributed by atoms with Crippen molar-refractivity contribution in [3.8, 4) is 0 Å². The molecule has 1 rings (SSSR count). The number of likely N-dealkylation sites (N-methyl/N-ethyl adjacent to an activating group) is 1. The minimum atomic E-state index is -0.0486. The van der Waals surface area contributed by atoms with E-state index in [0.29, 0.717) is 18.8 Å². The van der Waals surface area contributed by atoms with E-state index in [1.807, 2.05) is 0 Å². The van der Waals surface area contributed by atoms with Crippen molar-refractivity contribution in [2.24, 2.45) is 0 Å². The summed E-state index contributed by atoms with van der Waals surface area (Å²) in [5.74, 6) is 0.0135. The molecule has 0 saturated carbocycles. The van der Waals surface area contributed by atoms with Crippen molar-refractivity contribution in [3.05, 3.63) is 28.7 Å². The molecule has 3 N–H and O–H groups in total. The van der Waals surface area contributed by atoms with Crippen molar-refractivity contribution in [3.63, 3.8) is 0 Å². The van der Waals surface area contributed by atoms with Gasteiger partial charge in [-0.3, -0.25) is 14.5 Å². The highest BCUT2D eigenvalue weighted by Crippen LogP contribution is 1.99. The predicted octanol–water partition coefficient (Wildman–Crippen LogP) is 0.279. The first kappa shape index (κ1) is 16.2. The van der Waals surface area contributed by atoms with Gasteiger partial charge in [0.1, 0.15) is 0 Å². The van der Waals surface area contributed by atoms with Crippen LogP contribution in [0.3, 0.4) is 0 Å². The Balaban J connectivity index is 2.49. The standard InChI is InChI=1S/C14H24N4O2/c1-3-7-17(11-13(19)16-2)8-4-9-18-10-12(15)5-6-14(18)20/h5-6,10H,3-4,7-9,11,15H2,1-2H3,(H,16,19). The van der Waals surface area contributed by atoms with Crippen molar-refractivity contribution in [1.82, 2.24) is 14.8 Å². The van der Waals surface area contributed by atoms with Crippen LogP contribution in [0.5, 0.6) is 0 Å². The molecule has 0 aliphatic rings. The molecule has 20 heavy (non-hydrogen) atoms. The molecule has 0 aromatic carbocycles. The van der Waals surface area contributed by atoms with Crippen LogP contribution < -0.4 is 16.6 Å². The smallest absolute Gasteiger partial charge is 0.250 e. The van der Waals surface area contributed by atoms with Gasteiger partial charge in [-0.25, -0.2) is 0 Å². The van der Waals surface area contributed by atoms with Gasteiger partial charge in [-0.1, -0.05) is 6.92 Å². The molecule has 0 bridgehead atoms. The van der Waals surface area contributed by atoms with Gasteiger partial charge in [0.25, 0.3) is 5.56 Å². The van der Waals surface area contributed by atoms with Gasteiger partial charge < -0.3 is 15.6 Å². The Morgan fingerprint density at radius 3 is 2.80 bits per heavy atom. The summed E-state index contributed by atoms with van der Waals surface area (Å²) in [5, 5.41) is 2.63. The zero-order chi connectivity index (χ0) is 15.0. The average Bonchev–Trinajstić information content (AvgIpc) is 2.42. The third-order valence-corrected chi connectivity index (χ3v) is 3.07. The fourth-order valence-electron chi connectivity index (χ4n) is 2.06. The lowest BCUT2D eigenvalue weighted by atomic mass is 10.3. The van der Waals surface area contributed by atoms with Gasteiger partial charge >= 0.3 is 0 Å². The highest BCUT2D eigenvalue weighted by atomic mass is 16.2. The van der Waals surface area contributed by atoms with Crippen molar-refractivity contribution in [2.45, 2.75) is 26.3 Å². The molecule has 0 fully saturated rings. The van der Waals surface area contributed by atoms with E-state index in [0.717, 1.165) is 25.9 Å². The maximum Gasteiger partial charge on any atom is 0.250 e. The highest BCUT2D eigenvalue weighted by molar-refractivity contribution is 5.77. The molecule has 0 aliphatic heterocycles. The maximum atomic E-state index is 11.6. The van der Waals surface area contributed by atoms with Gasteiger partial charge in [0.2, 0.25) is 5.91 Å². The number of nitrogens with zero attached hydrogens (tertiary/aromatic N) is 2. The Bertz CT molecular complexity index is 484. The normalized spacial score (nSPS) is 10.8. The number of nitrogens with two attached hydrogens (primary N) is 1. The van der Waals surface area contributed by atoms with Gasteiger partial charge in [-0.15, -0.1) is 0 Å². The number of aryl methyl sites for hydroxylation is 1. The highest BCUT2D eigenvalue weighted by Gasteiger charge is 2.08. The van der Waals surface area contributed by atoms with E-state index in [-0.39, 0.29) is 11.5 Å². The number of nitrogen functional groups attached to an aromatic ring is 1. The largest absolute Gasteiger partial charge is 0.398 e. The Kier molecular flexibility index (Phi) is 6.79. The molecule has 6 nitrogen and oxygen atoms in total. The zero-order valence-electron chi connectivity index (χ0n) is 12.3. The summed E-state index contributed by atoms with van der Waals surface area (Å²) in [6.45, 7) is 4.75. The molecule has 1 amide bonds. The average molecular weight is 280 g/mol. The first-order chi connectivity index (χ1) is 9.56. The lowest BCUT2D eigenvalue weighted by Gasteiger charge is -2.20. The molecule has 1 aromatic rings. The molecule has 0 radical (unpaired) electrons. The van der Waals surface area contributed by atoms with Crippen LogP contribution in [0.25, 0.3) is 0 Å². The zero-order valence-corrected chi connectivity index (χ0v) is 12.3. The molecule has 0 spiro atoms. The maximum absolute atomic E-state index is 11.6. The number of hydrogen-bond acceptors (Lipinski definition) is 4. The molecule has 6 heteroatoms. The van der Waals surface area contributed by atoms with Crippen molar-refractivity contribution in [1.29, 1.82) is 0 Å². The Labute approximate surface area is 119 Å². The molecule has 1 aromatic heterocycles. The van der Waals surface area contributed by atoms with E-state index in [1.54, 1.807) is 23.9 Å². The summed E-state index contributed by atoms with van der Waals surface area (Å²) in [6.07, 6.45) is 3.46. The first-order valence-corrected chi connectivity index (χ1v) is 6.95. The minimum Gasteiger partial charge on any atom is -0.398 e. The summed E-state index contributed by atoms with van der Waals surface area (Å²) in [7, 11) is 1.64. The van der Waals surface area contributed by atoms with Crippen molar-refractivity contribution >= 4 is 11.6 Å². The van der Waals surface area contributed by atoms with Gasteiger partial charge in [0, 0.05) is 38.1 Å². The quantitative estimate of drug-likeness (QED) is 0.716. The molecule has 0 unspecified atom stereocenters. The predicted molar refractivity (Wildman–Crippen MR) is 80.5 cm³/mol. The number of nitrogens with one attached hydrogen (secondary N) is 1. The van der Waals surface area contributed by atoms with Crippen molar-refractivity contribution < 1.29 is 4.79 Å².